The molecule has 2 aromatic carbocycles. The summed E-state index contributed by atoms with van der Waals surface area (Å²) in [5.74, 6) is -0.996. The quantitative estimate of drug-likeness (QED) is 0.244. The van der Waals surface area contributed by atoms with Crippen molar-refractivity contribution in [1.29, 1.82) is 0 Å². The molecular formula is C28H25ClN2O4S2. The number of benzene rings is 2. The molecule has 0 aliphatic carbocycles. The van der Waals surface area contributed by atoms with Crippen molar-refractivity contribution >= 4 is 52.5 Å². The molecule has 5 rings (SSSR count). The molecule has 3 heterocycles. The third-order valence-electron chi connectivity index (χ3n) is 6.48. The summed E-state index contributed by atoms with van der Waals surface area (Å²) in [5.41, 5.74) is 2.29. The van der Waals surface area contributed by atoms with Gasteiger partial charge in [0.15, 0.2) is 12.1 Å². The van der Waals surface area contributed by atoms with Crippen molar-refractivity contribution in [2.45, 2.75) is 36.9 Å². The maximum atomic E-state index is 13.7. The summed E-state index contributed by atoms with van der Waals surface area (Å²) in [7, 11) is 0. The van der Waals surface area contributed by atoms with E-state index in [2.05, 4.69) is 5.32 Å². The number of halogens is 1. The minimum atomic E-state index is -0.948. The number of esters is 1. The largest absolute Gasteiger partial charge is 0.451 e. The van der Waals surface area contributed by atoms with Gasteiger partial charge in [0.1, 0.15) is 11.4 Å². The minimum absolute atomic E-state index is 0.0891. The van der Waals surface area contributed by atoms with Crippen LogP contribution < -0.4 is 5.32 Å². The van der Waals surface area contributed by atoms with Crippen LogP contribution >= 0.6 is 34.7 Å². The van der Waals surface area contributed by atoms with Crippen LogP contribution in [0.15, 0.2) is 88.7 Å². The van der Waals surface area contributed by atoms with E-state index in [9.17, 15) is 14.4 Å². The molecule has 1 N–H and O–H groups in total. The van der Waals surface area contributed by atoms with Gasteiger partial charge < -0.3 is 15.0 Å². The molecule has 1 saturated heterocycles. The predicted octanol–water partition coefficient (Wildman–Crippen LogP) is 4.90. The number of fused-ring (bicyclic) bond motifs is 1. The zero-order chi connectivity index (χ0) is 25.9. The second kappa shape index (κ2) is 11.1. The molecule has 0 radical (unpaired) electrons. The van der Waals surface area contributed by atoms with Crippen LogP contribution in [0, 0.1) is 0 Å². The van der Waals surface area contributed by atoms with Crippen LogP contribution in [0.2, 0.25) is 0 Å². The molecule has 0 spiro atoms. The second-order valence-electron chi connectivity index (χ2n) is 8.81. The number of hydrogen-bond acceptors (Lipinski definition) is 6. The Morgan fingerprint density at radius 2 is 1.68 bits per heavy atom. The number of β-lactam (4-membered cyclic amide) rings is 1. The molecule has 2 aliphatic rings. The van der Waals surface area contributed by atoms with E-state index in [0.717, 1.165) is 20.9 Å². The lowest BCUT2D eigenvalue weighted by molar-refractivity contribution is -0.165. The van der Waals surface area contributed by atoms with E-state index in [-0.39, 0.29) is 24.1 Å². The first-order chi connectivity index (χ1) is 18.0. The molecular weight excluding hydrogens is 528 g/mol. The monoisotopic (exact) mass is 552 g/mol. The van der Waals surface area contributed by atoms with Gasteiger partial charge in [-0.3, -0.25) is 9.59 Å². The zero-order valence-corrected chi connectivity index (χ0v) is 22.4. The first-order valence-electron chi connectivity index (χ1n) is 11.8. The highest BCUT2D eigenvalue weighted by molar-refractivity contribution is 8.03. The van der Waals surface area contributed by atoms with Gasteiger partial charge in [0, 0.05) is 10.8 Å². The maximum Gasteiger partial charge on any atom is 0.334 e. The smallest absolute Gasteiger partial charge is 0.334 e. The number of allylic oxidation sites excluding steroid dienone is 1. The lowest BCUT2D eigenvalue weighted by atomic mass is 9.96. The van der Waals surface area contributed by atoms with Crippen LogP contribution in [0.4, 0.5) is 0 Å². The van der Waals surface area contributed by atoms with Gasteiger partial charge in [-0.1, -0.05) is 66.7 Å². The average Bonchev–Trinajstić information content (AvgIpc) is 3.43. The number of nitrogens with one attached hydrogen (secondary N) is 1. The fourth-order valence-electron chi connectivity index (χ4n) is 4.62. The number of rotatable bonds is 8. The molecule has 2 aliphatic heterocycles. The lowest BCUT2D eigenvalue weighted by Gasteiger charge is -2.52. The van der Waals surface area contributed by atoms with E-state index < -0.39 is 29.5 Å². The molecule has 6 nitrogen and oxygen atoms in total. The van der Waals surface area contributed by atoms with E-state index >= 15 is 0 Å². The standard InChI is InChI=1S/C28H25ClN2O4S2/c1-17-21(16-29)24(28(34)35-25(18-9-4-2-5-10-18)19-11-6-3-7-12-19)31-26(33)23(27(31)37-17)30-22(32)15-20-13-8-14-36-20/h2-14,23-25,27H,15-16H2,1H3,(H,30,32)/t23?,24?,27-/m1/s1. The number of nitrogens with zero attached hydrogens (tertiary/aromatic N) is 1. The van der Waals surface area contributed by atoms with Gasteiger partial charge in [0.25, 0.3) is 0 Å². The van der Waals surface area contributed by atoms with E-state index in [1.807, 2.05) is 85.1 Å². The summed E-state index contributed by atoms with van der Waals surface area (Å²) in [6.07, 6.45) is -0.431. The van der Waals surface area contributed by atoms with Gasteiger partial charge in [-0.15, -0.1) is 34.7 Å². The van der Waals surface area contributed by atoms with Crippen molar-refractivity contribution in [2.75, 3.05) is 5.88 Å². The Morgan fingerprint density at radius 3 is 2.24 bits per heavy atom. The van der Waals surface area contributed by atoms with Crippen LogP contribution in [0.1, 0.15) is 29.0 Å². The molecule has 3 aromatic rings. The Morgan fingerprint density at radius 1 is 1.03 bits per heavy atom. The Labute approximate surface area is 228 Å². The highest BCUT2D eigenvalue weighted by Crippen LogP contribution is 2.45. The van der Waals surface area contributed by atoms with Crippen molar-refractivity contribution in [3.63, 3.8) is 0 Å². The molecule has 2 unspecified atom stereocenters. The van der Waals surface area contributed by atoms with Crippen molar-refractivity contribution in [2.24, 2.45) is 0 Å². The van der Waals surface area contributed by atoms with E-state index in [0.29, 0.717) is 5.57 Å². The molecule has 0 saturated carbocycles. The summed E-state index contributed by atoms with van der Waals surface area (Å²) in [5, 5.41) is 4.36. The number of ether oxygens (including phenoxy) is 1. The lowest BCUT2D eigenvalue weighted by Crippen LogP contribution is -2.74. The number of thioether (sulfide) groups is 1. The molecule has 9 heteroatoms. The van der Waals surface area contributed by atoms with Crippen LogP contribution in [0.3, 0.4) is 0 Å². The van der Waals surface area contributed by atoms with Crippen molar-refractivity contribution < 1.29 is 19.1 Å². The molecule has 0 bridgehead atoms. The summed E-state index contributed by atoms with van der Waals surface area (Å²) in [4.78, 5) is 42.9. The number of carbonyl (C=O) groups is 3. The van der Waals surface area contributed by atoms with Gasteiger partial charge >= 0.3 is 5.97 Å². The number of thiophene rings is 1. The van der Waals surface area contributed by atoms with Gasteiger partial charge in [-0.25, -0.2) is 4.79 Å². The third kappa shape index (κ3) is 5.19. The van der Waals surface area contributed by atoms with E-state index in [4.69, 9.17) is 16.3 Å². The zero-order valence-electron chi connectivity index (χ0n) is 20.0. The maximum absolute atomic E-state index is 13.7. The minimum Gasteiger partial charge on any atom is -0.451 e. The van der Waals surface area contributed by atoms with Gasteiger partial charge in [-0.2, -0.15) is 0 Å². The second-order valence-corrected chi connectivity index (χ2v) is 11.4. The van der Waals surface area contributed by atoms with E-state index in [1.165, 1.54) is 28.0 Å². The normalized spacial score (nSPS) is 20.9. The summed E-state index contributed by atoms with van der Waals surface area (Å²) >= 11 is 9.22. The summed E-state index contributed by atoms with van der Waals surface area (Å²) < 4.78 is 6.11. The summed E-state index contributed by atoms with van der Waals surface area (Å²) in [6.45, 7) is 1.89. The molecule has 3 atom stereocenters. The van der Waals surface area contributed by atoms with Crippen molar-refractivity contribution in [3.05, 3.63) is 105 Å². The highest BCUT2D eigenvalue weighted by atomic mass is 35.5. The highest BCUT2D eigenvalue weighted by Gasteiger charge is 2.57. The van der Waals surface area contributed by atoms with Gasteiger partial charge in [0.05, 0.1) is 6.42 Å². The first kappa shape index (κ1) is 25.6. The molecule has 190 valence electrons. The molecule has 1 fully saturated rings. The Bertz CT molecular complexity index is 1270. The number of alkyl halides is 1. The van der Waals surface area contributed by atoms with Crippen LogP contribution in [0.5, 0.6) is 0 Å². The molecule has 37 heavy (non-hydrogen) atoms. The topological polar surface area (TPSA) is 75.7 Å². The Kier molecular flexibility index (Phi) is 7.69. The Hall–Kier alpha value is -3.07. The van der Waals surface area contributed by atoms with Crippen LogP contribution in [0.25, 0.3) is 0 Å². The average molecular weight is 553 g/mol. The van der Waals surface area contributed by atoms with Crippen LogP contribution in [-0.4, -0.2) is 46.0 Å². The Balaban J connectivity index is 1.38. The number of amides is 2. The molecule has 2 amide bonds. The SMILES string of the molecule is CC1=C(CCl)C(C(=O)OC(c2ccccc2)c2ccccc2)N2C(=O)C(NC(=O)Cc3cccs3)[C@H]2S1. The van der Waals surface area contributed by atoms with Gasteiger partial charge in [-0.05, 0) is 40.0 Å². The fraction of sp³-hybridized carbons (Fsp3) is 0.250. The van der Waals surface area contributed by atoms with Crippen molar-refractivity contribution in [3.8, 4) is 0 Å². The van der Waals surface area contributed by atoms with Crippen molar-refractivity contribution in [1.82, 2.24) is 10.2 Å². The molecule has 1 aromatic heterocycles. The fourth-order valence-corrected chi connectivity index (χ4v) is 7.11. The van der Waals surface area contributed by atoms with Gasteiger partial charge in [0.2, 0.25) is 11.8 Å². The third-order valence-corrected chi connectivity index (χ3v) is 9.00. The first-order valence-corrected chi connectivity index (χ1v) is 14.1. The number of hydrogen-bond donors (Lipinski definition) is 1. The predicted molar refractivity (Wildman–Crippen MR) is 146 cm³/mol. The van der Waals surface area contributed by atoms with Crippen LogP contribution in [-0.2, 0) is 25.5 Å². The van der Waals surface area contributed by atoms with E-state index in [1.54, 1.807) is 0 Å². The summed E-state index contributed by atoms with van der Waals surface area (Å²) in [6, 6.07) is 21.1. The number of carbonyl (C=O) groups excluding carboxylic acids is 3.